The van der Waals surface area contributed by atoms with E-state index in [4.69, 9.17) is 10.5 Å². The molecule has 0 fully saturated rings. The molecule has 0 aliphatic carbocycles. The van der Waals surface area contributed by atoms with E-state index >= 15 is 0 Å². The van der Waals surface area contributed by atoms with Crippen molar-refractivity contribution in [1.29, 1.82) is 0 Å². The Morgan fingerprint density at radius 2 is 2.14 bits per heavy atom. The van der Waals surface area contributed by atoms with E-state index in [0.29, 0.717) is 6.54 Å². The van der Waals surface area contributed by atoms with Crippen molar-refractivity contribution in [2.75, 3.05) is 31.2 Å². The normalized spacial score (nSPS) is 16.7. The van der Waals surface area contributed by atoms with Gasteiger partial charge < -0.3 is 15.4 Å². The van der Waals surface area contributed by atoms with E-state index in [0.717, 1.165) is 30.6 Å². The summed E-state index contributed by atoms with van der Waals surface area (Å²) in [7, 11) is 0. The van der Waals surface area contributed by atoms with Crippen LogP contribution in [0.15, 0.2) is 18.2 Å². The Labute approximate surface area is 122 Å². The lowest BCUT2D eigenvalue weighted by Crippen LogP contribution is -2.33. The number of alkyl halides is 3. The SMILES string of the molecule is CC(N)c1ccc2c(c1)CCCN2CCOCC(F)(F)F. The van der Waals surface area contributed by atoms with Gasteiger partial charge in [-0.3, -0.25) is 0 Å². The van der Waals surface area contributed by atoms with Gasteiger partial charge in [0.15, 0.2) is 0 Å². The fraction of sp³-hybridized carbons (Fsp3) is 0.600. The van der Waals surface area contributed by atoms with Crippen LogP contribution in [0.1, 0.15) is 30.5 Å². The molecule has 1 aromatic rings. The molecule has 1 heterocycles. The van der Waals surface area contributed by atoms with Crippen molar-refractivity contribution in [2.24, 2.45) is 5.73 Å². The van der Waals surface area contributed by atoms with Crippen molar-refractivity contribution >= 4 is 5.69 Å². The minimum absolute atomic E-state index is 0.0132. The number of benzene rings is 1. The monoisotopic (exact) mass is 302 g/mol. The van der Waals surface area contributed by atoms with Crippen LogP contribution in [0.5, 0.6) is 0 Å². The Balaban J connectivity index is 1.95. The van der Waals surface area contributed by atoms with E-state index in [1.54, 1.807) is 0 Å². The average molecular weight is 302 g/mol. The van der Waals surface area contributed by atoms with Gasteiger partial charge in [0.05, 0.1) is 6.61 Å². The molecule has 0 saturated carbocycles. The molecule has 0 saturated heterocycles. The second kappa shape index (κ2) is 6.66. The van der Waals surface area contributed by atoms with Crippen LogP contribution in [0.3, 0.4) is 0 Å². The van der Waals surface area contributed by atoms with Gasteiger partial charge in [0, 0.05) is 24.8 Å². The number of nitrogens with two attached hydrogens (primary N) is 1. The maximum absolute atomic E-state index is 12.0. The molecular weight excluding hydrogens is 281 g/mol. The van der Waals surface area contributed by atoms with Gasteiger partial charge in [0.25, 0.3) is 0 Å². The van der Waals surface area contributed by atoms with Crippen LogP contribution < -0.4 is 10.6 Å². The molecule has 0 aromatic heterocycles. The number of hydrogen-bond donors (Lipinski definition) is 1. The lowest BCUT2D eigenvalue weighted by molar-refractivity contribution is -0.173. The van der Waals surface area contributed by atoms with Crippen LogP contribution in [0, 0.1) is 0 Å². The van der Waals surface area contributed by atoms with Crippen LogP contribution in [0.4, 0.5) is 18.9 Å². The molecule has 2 N–H and O–H groups in total. The zero-order chi connectivity index (χ0) is 15.5. The summed E-state index contributed by atoms with van der Waals surface area (Å²) in [4.78, 5) is 2.08. The summed E-state index contributed by atoms with van der Waals surface area (Å²) in [6, 6.07) is 6.08. The van der Waals surface area contributed by atoms with Gasteiger partial charge in [-0.05, 0) is 37.0 Å². The number of rotatable bonds is 5. The molecule has 1 aliphatic heterocycles. The average Bonchev–Trinajstić information content (AvgIpc) is 2.42. The van der Waals surface area contributed by atoms with Crippen LogP contribution in [-0.2, 0) is 11.2 Å². The predicted octanol–water partition coefficient (Wildman–Crippen LogP) is 3.04. The second-order valence-electron chi connectivity index (χ2n) is 5.44. The summed E-state index contributed by atoms with van der Waals surface area (Å²) in [5.74, 6) is 0. The summed E-state index contributed by atoms with van der Waals surface area (Å²) in [5.41, 5.74) is 9.27. The van der Waals surface area contributed by atoms with Crippen LogP contribution >= 0.6 is 0 Å². The van der Waals surface area contributed by atoms with Gasteiger partial charge in [-0.25, -0.2) is 0 Å². The maximum atomic E-state index is 12.0. The van der Waals surface area contributed by atoms with E-state index in [2.05, 4.69) is 11.0 Å². The summed E-state index contributed by atoms with van der Waals surface area (Å²) in [6.07, 6.45) is -2.28. The Bertz CT molecular complexity index is 474. The Kier molecular flexibility index (Phi) is 5.11. The third-order valence-corrected chi connectivity index (χ3v) is 3.62. The van der Waals surface area contributed by atoms with E-state index in [1.165, 1.54) is 5.56 Å². The molecule has 21 heavy (non-hydrogen) atoms. The number of anilines is 1. The zero-order valence-corrected chi connectivity index (χ0v) is 12.1. The van der Waals surface area contributed by atoms with Gasteiger partial charge >= 0.3 is 6.18 Å². The summed E-state index contributed by atoms with van der Waals surface area (Å²) in [6.45, 7) is 2.15. The third-order valence-electron chi connectivity index (χ3n) is 3.62. The first-order valence-electron chi connectivity index (χ1n) is 7.14. The van der Waals surface area contributed by atoms with Crippen LogP contribution in [0.2, 0.25) is 0 Å². The quantitative estimate of drug-likeness (QED) is 0.850. The fourth-order valence-corrected chi connectivity index (χ4v) is 2.57. The van der Waals surface area contributed by atoms with Gasteiger partial charge in [0.2, 0.25) is 0 Å². The highest BCUT2D eigenvalue weighted by molar-refractivity contribution is 5.57. The lowest BCUT2D eigenvalue weighted by Gasteiger charge is -2.32. The molecule has 2 rings (SSSR count). The van der Waals surface area contributed by atoms with Crippen molar-refractivity contribution in [1.82, 2.24) is 0 Å². The molecule has 0 radical (unpaired) electrons. The molecule has 1 atom stereocenters. The maximum Gasteiger partial charge on any atom is 0.411 e. The third kappa shape index (κ3) is 4.61. The van der Waals surface area contributed by atoms with Gasteiger partial charge in [-0.15, -0.1) is 0 Å². The zero-order valence-electron chi connectivity index (χ0n) is 12.1. The molecule has 1 unspecified atom stereocenters. The molecular formula is C15H21F3N2O. The molecule has 0 spiro atoms. The van der Waals surface area contributed by atoms with Crippen molar-refractivity contribution in [2.45, 2.75) is 32.0 Å². The molecule has 3 nitrogen and oxygen atoms in total. The molecule has 0 bridgehead atoms. The van der Waals surface area contributed by atoms with Gasteiger partial charge in [0.1, 0.15) is 6.61 Å². The van der Waals surface area contributed by atoms with E-state index in [-0.39, 0.29) is 12.6 Å². The lowest BCUT2D eigenvalue weighted by atomic mass is 9.97. The first-order chi connectivity index (χ1) is 9.87. The largest absolute Gasteiger partial charge is 0.411 e. The van der Waals surface area contributed by atoms with Crippen molar-refractivity contribution in [3.05, 3.63) is 29.3 Å². The van der Waals surface area contributed by atoms with E-state index in [1.807, 2.05) is 19.1 Å². The highest BCUT2D eigenvalue weighted by Gasteiger charge is 2.27. The molecule has 6 heteroatoms. The van der Waals surface area contributed by atoms with Crippen molar-refractivity contribution in [3.63, 3.8) is 0 Å². The molecule has 1 aromatic carbocycles. The Morgan fingerprint density at radius 3 is 2.81 bits per heavy atom. The summed E-state index contributed by atoms with van der Waals surface area (Å²) in [5, 5.41) is 0. The first kappa shape index (κ1) is 16.1. The Morgan fingerprint density at radius 1 is 1.38 bits per heavy atom. The minimum Gasteiger partial charge on any atom is -0.370 e. The van der Waals surface area contributed by atoms with Gasteiger partial charge in [-0.1, -0.05) is 12.1 Å². The number of hydrogen-bond acceptors (Lipinski definition) is 3. The second-order valence-corrected chi connectivity index (χ2v) is 5.44. The van der Waals surface area contributed by atoms with Gasteiger partial charge in [-0.2, -0.15) is 13.2 Å². The topological polar surface area (TPSA) is 38.5 Å². The van der Waals surface area contributed by atoms with E-state index < -0.39 is 12.8 Å². The number of aryl methyl sites for hydroxylation is 1. The number of ether oxygens (including phenoxy) is 1. The highest BCUT2D eigenvalue weighted by Crippen LogP contribution is 2.29. The number of halogens is 3. The van der Waals surface area contributed by atoms with Crippen molar-refractivity contribution < 1.29 is 17.9 Å². The minimum atomic E-state index is -4.26. The highest BCUT2D eigenvalue weighted by atomic mass is 19.4. The number of nitrogens with zero attached hydrogens (tertiary/aromatic N) is 1. The first-order valence-corrected chi connectivity index (χ1v) is 7.14. The van der Waals surface area contributed by atoms with Crippen LogP contribution in [0.25, 0.3) is 0 Å². The fourth-order valence-electron chi connectivity index (χ4n) is 2.57. The standard InChI is InChI=1S/C15H21F3N2O/c1-11(19)12-4-5-14-13(9-12)3-2-6-20(14)7-8-21-10-15(16,17)18/h4-5,9,11H,2-3,6-8,10,19H2,1H3. The smallest absolute Gasteiger partial charge is 0.370 e. The molecule has 0 amide bonds. The number of fused-ring (bicyclic) bond motifs is 1. The van der Waals surface area contributed by atoms with Crippen molar-refractivity contribution in [3.8, 4) is 0 Å². The summed E-state index contributed by atoms with van der Waals surface area (Å²) >= 11 is 0. The Hall–Kier alpha value is -1.27. The molecule has 1 aliphatic rings. The van der Waals surface area contributed by atoms with E-state index in [9.17, 15) is 13.2 Å². The molecule has 118 valence electrons. The van der Waals surface area contributed by atoms with Crippen LogP contribution in [-0.4, -0.2) is 32.5 Å². The predicted molar refractivity (Wildman–Crippen MR) is 76.5 cm³/mol. The summed E-state index contributed by atoms with van der Waals surface area (Å²) < 4.78 is 40.8.